The first-order valence-corrected chi connectivity index (χ1v) is 4.10. The zero-order valence-electron chi connectivity index (χ0n) is 7.55. The van der Waals surface area contributed by atoms with E-state index in [0.29, 0.717) is 5.69 Å². The Labute approximate surface area is 81.6 Å². The maximum atomic E-state index is 11.3. The van der Waals surface area contributed by atoms with E-state index in [9.17, 15) is 4.79 Å². The number of aliphatic hydroxyl groups is 2. The SMILES string of the molecule is O=C(Nc1ccccc1)N(CO)CO. The molecule has 5 heteroatoms. The van der Waals surface area contributed by atoms with Crippen LogP contribution in [0.5, 0.6) is 0 Å². The van der Waals surface area contributed by atoms with Crippen molar-refractivity contribution in [2.45, 2.75) is 0 Å². The minimum absolute atomic E-state index is 0.519. The molecular weight excluding hydrogens is 184 g/mol. The monoisotopic (exact) mass is 196 g/mol. The van der Waals surface area contributed by atoms with Crippen LogP contribution in [-0.2, 0) is 0 Å². The molecule has 14 heavy (non-hydrogen) atoms. The minimum Gasteiger partial charge on any atom is -0.376 e. The Hall–Kier alpha value is -1.59. The predicted molar refractivity (Wildman–Crippen MR) is 51.5 cm³/mol. The second kappa shape index (κ2) is 5.21. The number of hydrogen-bond donors (Lipinski definition) is 3. The van der Waals surface area contributed by atoms with Gasteiger partial charge in [-0.05, 0) is 12.1 Å². The Morgan fingerprint density at radius 1 is 1.21 bits per heavy atom. The molecular formula is C9H12N2O3. The van der Waals surface area contributed by atoms with Crippen LogP contribution in [0.4, 0.5) is 10.5 Å². The van der Waals surface area contributed by atoms with Crippen LogP contribution in [0.25, 0.3) is 0 Å². The van der Waals surface area contributed by atoms with E-state index in [-0.39, 0.29) is 0 Å². The van der Waals surface area contributed by atoms with Gasteiger partial charge in [-0.2, -0.15) is 0 Å². The lowest BCUT2D eigenvalue weighted by Crippen LogP contribution is -2.36. The van der Waals surface area contributed by atoms with E-state index in [4.69, 9.17) is 10.2 Å². The van der Waals surface area contributed by atoms with E-state index in [1.54, 1.807) is 24.3 Å². The Morgan fingerprint density at radius 3 is 2.29 bits per heavy atom. The Kier molecular flexibility index (Phi) is 3.90. The molecule has 0 atom stereocenters. The van der Waals surface area contributed by atoms with Crippen LogP contribution in [0.3, 0.4) is 0 Å². The van der Waals surface area contributed by atoms with E-state index in [1.807, 2.05) is 6.07 Å². The molecule has 0 aromatic heterocycles. The van der Waals surface area contributed by atoms with E-state index in [0.717, 1.165) is 4.90 Å². The van der Waals surface area contributed by atoms with Gasteiger partial charge >= 0.3 is 6.03 Å². The number of rotatable bonds is 3. The van der Waals surface area contributed by atoms with Crippen molar-refractivity contribution >= 4 is 11.7 Å². The van der Waals surface area contributed by atoms with Crippen molar-refractivity contribution < 1.29 is 15.0 Å². The van der Waals surface area contributed by atoms with Crippen LogP contribution < -0.4 is 5.32 Å². The maximum Gasteiger partial charge on any atom is 0.325 e. The first-order valence-electron chi connectivity index (χ1n) is 4.10. The van der Waals surface area contributed by atoms with Crippen molar-refractivity contribution in [3.05, 3.63) is 30.3 Å². The molecule has 0 unspecified atom stereocenters. The number of nitrogens with one attached hydrogen (secondary N) is 1. The summed E-state index contributed by atoms with van der Waals surface area (Å²) in [7, 11) is 0. The van der Waals surface area contributed by atoms with Gasteiger partial charge in [0.05, 0.1) is 0 Å². The smallest absolute Gasteiger partial charge is 0.325 e. The van der Waals surface area contributed by atoms with Crippen LogP contribution >= 0.6 is 0 Å². The van der Waals surface area contributed by atoms with Crippen molar-refractivity contribution in [1.29, 1.82) is 0 Å². The number of aliphatic hydroxyl groups excluding tert-OH is 2. The first kappa shape index (κ1) is 10.5. The number of hydrogen-bond acceptors (Lipinski definition) is 3. The van der Waals surface area contributed by atoms with Gasteiger partial charge in [0.25, 0.3) is 0 Å². The molecule has 1 rings (SSSR count). The molecule has 0 heterocycles. The lowest BCUT2D eigenvalue weighted by molar-refractivity contribution is 0.0627. The molecule has 0 fully saturated rings. The third-order valence-electron chi connectivity index (χ3n) is 1.65. The summed E-state index contributed by atoms with van der Waals surface area (Å²) in [5.74, 6) is 0. The number of nitrogens with zero attached hydrogens (tertiary/aromatic N) is 1. The van der Waals surface area contributed by atoms with Crippen LogP contribution in [0.1, 0.15) is 0 Å². The summed E-state index contributed by atoms with van der Waals surface area (Å²) in [5, 5.41) is 19.9. The highest BCUT2D eigenvalue weighted by Crippen LogP contribution is 2.05. The lowest BCUT2D eigenvalue weighted by atomic mass is 10.3. The van der Waals surface area contributed by atoms with Crippen molar-refractivity contribution in [3.63, 3.8) is 0 Å². The molecule has 0 aliphatic rings. The molecule has 0 aliphatic carbocycles. The Bertz CT molecular complexity index is 285. The molecule has 0 saturated heterocycles. The number of amides is 2. The van der Waals surface area contributed by atoms with Gasteiger partial charge in [-0.3, -0.25) is 4.90 Å². The summed E-state index contributed by atoms with van der Waals surface area (Å²) in [6.07, 6.45) is 0. The number of anilines is 1. The third-order valence-corrected chi connectivity index (χ3v) is 1.65. The minimum atomic E-state index is -0.541. The van der Waals surface area contributed by atoms with E-state index < -0.39 is 19.5 Å². The maximum absolute atomic E-state index is 11.3. The summed E-state index contributed by atoms with van der Waals surface area (Å²) in [6, 6.07) is 8.26. The van der Waals surface area contributed by atoms with Crippen LogP contribution in [-0.4, -0.2) is 34.6 Å². The summed E-state index contributed by atoms with van der Waals surface area (Å²) in [6.45, 7) is -1.04. The van der Waals surface area contributed by atoms with Gasteiger partial charge in [0.2, 0.25) is 0 Å². The van der Waals surface area contributed by atoms with Gasteiger partial charge in [0, 0.05) is 5.69 Å². The highest BCUT2D eigenvalue weighted by Gasteiger charge is 2.09. The zero-order chi connectivity index (χ0) is 10.4. The molecule has 2 amide bonds. The van der Waals surface area contributed by atoms with E-state index >= 15 is 0 Å². The van der Waals surface area contributed by atoms with Crippen molar-refractivity contribution in [2.75, 3.05) is 18.8 Å². The molecule has 3 N–H and O–H groups in total. The van der Waals surface area contributed by atoms with Gasteiger partial charge in [0.1, 0.15) is 13.5 Å². The van der Waals surface area contributed by atoms with E-state index in [1.165, 1.54) is 0 Å². The number of carbonyl (C=O) groups excluding carboxylic acids is 1. The van der Waals surface area contributed by atoms with Gasteiger partial charge in [-0.25, -0.2) is 4.79 Å². The highest BCUT2D eigenvalue weighted by atomic mass is 16.3. The van der Waals surface area contributed by atoms with Gasteiger partial charge in [-0.1, -0.05) is 18.2 Å². The molecule has 76 valence electrons. The van der Waals surface area contributed by atoms with Crippen LogP contribution in [0.2, 0.25) is 0 Å². The molecule has 0 bridgehead atoms. The Morgan fingerprint density at radius 2 is 1.79 bits per heavy atom. The van der Waals surface area contributed by atoms with Gasteiger partial charge < -0.3 is 15.5 Å². The van der Waals surface area contributed by atoms with Gasteiger partial charge in [-0.15, -0.1) is 0 Å². The second-order valence-electron chi connectivity index (χ2n) is 2.62. The second-order valence-corrected chi connectivity index (χ2v) is 2.62. The fourth-order valence-electron chi connectivity index (χ4n) is 0.897. The average molecular weight is 196 g/mol. The summed E-state index contributed by atoms with van der Waals surface area (Å²) < 4.78 is 0. The molecule has 0 spiro atoms. The highest BCUT2D eigenvalue weighted by molar-refractivity contribution is 5.89. The molecule has 0 aliphatic heterocycles. The number of urea groups is 1. The van der Waals surface area contributed by atoms with Crippen LogP contribution in [0, 0.1) is 0 Å². The quantitative estimate of drug-likeness (QED) is 0.613. The standard InChI is InChI=1S/C9H12N2O3/c12-6-11(7-13)9(14)10-8-4-2-1-3-5-8/h1-5,12-13H,6-7H2,(H,10,14). The number of para-hydroxylation sites is 1. The third kappa shape index (κ3) is 2.72. The Balaban J connectivity index is 2.57. The fraction of sp³-hybridized carbons (Fsp3) is 0.222. The summed E-state index contributed by atoms with van der Waals surface area (Å²) in [5.41, 5.74) is 0.615. The largest absolute Gasteiger partial charge is 0.376 e. The normalized spacial score (nSPS) is 9.57. The van der Waals surface area contributed by atoms with Crippen LogP contribution in [0.15, 0.2) is 30.3 Å². The summed E-state index contributed by atoms with van der Waals surface area (Å²) >= 11 is 0. The topological polar surface area (TPSA) is 72.8 Å². The van der Waals surface area contributed by atoms with Crippen molar-refractivity contribution in [3.8, 4) is 0 Å². The number of benzene rings is 1. The zero-order valence-corrected chi connectivity index (χ0v) is 7.55. The average Bonchev–Trinajstić information content (AvgIpc) is 2.21. The molecule has 0 radical (unpaired) electrons. The van der Waals surface area contributed by atoms with E-state index in [2.05, 4.69) is 5.32 Å². The lowest BCUT2D eigenvalue weighted by Gasteiger charge is -2.17. The molecule has 1 aromatic carbocycles. The molecule has 1 aromatic rings. The predicted octanol–water partition coefficient (Wildman–Crippen LogP) is 0.420. The molecule has 5 nitrogen and oxygen atoms in total. The van der Waals surface area contributed by atoms with Crippen molar-refractivity contribution in [1.82, 2.24) is 4.90 Å². The first-order chi connectivity index (χ1) is 6.77. The van der Waals surface area contributed by atoms with Gasteiger partial charge in [0.15, 0.2) is 0 Å². The molecule has 0 saturated carbocycles. The fourth-order valence-corrected chi connectivity index (χ4v) is 0.897. The number of carbonyl (C=O) groups is 1. The van der Waals surface area contributed by atoms with Crippen molar-refractivity contribution in [2.24, 2.45) is 0 Å². The summed E-state index contributed by atoms with van der Waals surface area (Å²) in [4.78, 5) is 12.1.